The minimum absolute atomic E-state index is 0.0341. The molecule has 1 atom stereocenters. The maximum atomic E-state index is 12.4. The standard InChI is InChI=1S/C16H21NO4/c1-2-21-11-12-4-3-9-17(10-12)15(18)13-5-7-14(8-6-13)16(19)20/h5-8,12H,2-4,9-11H2,1H3,(H,19,20)/t12-/m0/s1. The van der Waals surface area contributed by atoms with Crippen LogP contribution in [-0.2, 0) is 4.74 Å². The molecule has 5 heteroatoms. The lowest BCUT2D eigenvalue weighted by atomic mass is 9.98. The summed E-state index contributed by atoms with van der Waals surface area (Å²) in [7, 11) is 0. The number of likely N-dealkylation sites (tertiary alicyclic amines) is 1. The van der Waals surface area contributed by atoms with Gasteiger partial charge in [-0.15, -0.1) is 0 Å². The highest BCUT2D eigenvalue weighted by molar-refractivity contribution is 5.95. The minimum atomic E-state index is -0.983. The van der Waals surface area contributed by atoms with Crippen molar-refractivity contribution in [1.29, 1.82) is 0 Å². The Morgan fingerprint density at radius 3 is 2.57 bits per heavy atom. The van der Waals surface area contributed by atoms with Crippen LogP contribution in [0, 0.1) is 5.92 Å². The van der Waals surface area contributed by atoms with E-state index < -0.39 is 5.97 Å². The maximum Gasteiger partial charge on any atom is 0.335 e. The average molecular weight is 291 g/mol. The molecule has 21 heavy (non-hydrogen) atoms. The molecule has 2 rings (SSSR count). The van der Waals surface area contributed by atoms with Crippen LogP contribution < -0.4 is 0 Å². The van der Waals surface area contributed by atoms with Crippen LogP contribution in [0.1, 0.15) is 40.5 Å². The Labute approximate surface area is 124 Å². The van der Waals surface area contributed by atoms with E-state index >= 15 is 0 Å². The molecule has 1 saturated heterocycles. The highest BCUT2D eigenvalue weighted by Crippen LogP contribution is 2.19. The lowest BCUT2D eigenvalue weighted by Gasteiger charge is -2.32. The van der Waals surface area contributed by atoms with Crippen LogP contribution in [0.2, 0.25) is 0 Å². The van der Waals surface area contributed by atoms with Crippen molar-refractivity contribution in [2.24, 2.45) is 5.92 Å². The molecule has 0 bridgehead atoms. The first-order valence-electron chi connectivity index (χ1n) is 7.32. The number of piperidine rings is 1. The van der Waals surface area contributed by atoms with Crippen molar-refractivity contribution in [2.45, 2.75) is 19.8 Å². The molecule has 114 valence electrons. The summed E-state index contributed by atoms with van der Waals surface area (Å²) in [5, 5.41) is 8.87. The second-order valence-electron chi connectivity index (χ2n) is 5.30. The molecule has 0 aromatic heterocycles. The van der Waals surface area contributed by atoms with Gasteiger partial charge in [-0.2, -0.15) is 0 Å². The van der Waals surface area contributed by atoms with Gasteiger partial charge in [0.1, 0.15) is 0 Å². The minimum Gasteiger partial charge on any atom is -0.478 e. The van der Waals surface area contributed by atoms with Gasteiger partial charge in [0.05, 0.1) is 12.2 Å². The number of hydrogen-bond acceptors (Lipinski definition) is 3. The number of benzene rings is 1. The Hall–Kier alpha value is -1.88. The fraction of sp³-hybridized carbons (Fsp3) is 0.500. The summed E-state index contributed by atoms with van der Waals surface area (Å²) < 4.78 is 5.45. The molecule has 0 saturated carbocycles. The Morgan fingerprint density at radius 2 is 1.95 bits per heavy atom. The van der Waals surface area contributed by atoms with E-state index in [2.05, 4.69) is 0 Å². The van der Waals surface area contributed by atoms with E-state index in [9.17, 15) is 9.59 Å². The molecule has 1 aliphatic heterocycles. The number of aromatic carboxylic acids is 1. The van der Waals surface area contributed by atoms with E-state index in [1.54, 1.807) is 12.1 Å². The first-order chi connectivity index (χ1) is 10.1. The van der Waals surface area contributed by atoms with Crippen LogP contribution in [0.15, 0.2) is 24.3 Å². The summed E-state index contributed by atoms with van der Waals surface area (Å²) in [6, 6.07) is 6.10. The third-order valence-corrected chi connectivity index (χ3v) is 3.74. The van der Waals surface area contributed by atoms with E-state index in [1.807, 2.05) is 11.8 Å². The van der Waals surface area contributed by atoms with Crippen molar-refractivity contribution in [3.05, 3.63) is 35.4 Å². The molecule has 0 spiro atoms. The first kappa shape index (κ1) is 15.5. The molecule has 1 fully saturated rings. The normalized spacial score (nSPS) is 18.5. The zero-order valence-corrected chi connectivity index (χ0v) is 12.2. The second kappa shape index (κ2) is 7.22. The van der Waals surface area contributed by atoms with Crippen molar-refractivity contribution >= 4 is 11.9 Å². The van der Waals surface area contributed by atoms with Crippen molar-refractivity contribution in [1.82, 2.24) is 4.90 Å². The fourth-order valence-electron chi connectivity index (χ4n) is 2.61. The van der Waals surface area contributed by atoms with Gasteiger partial charge in [-0.1, -0.05) is 0 Å². The Bertz CT molecular complexity index is 498. The Morgan fingerprint density at radius 1 is 1.29 bits per heavy atom. The summed E-state index contributed by atoms with van der Waals surface area (Å²) >= 11 is 0. The van der Waals surface area contributed by atoms with Crippen molar-refractivity contribution in [2.75, 3.05) is 26.3 Å². The van der Waals surface area contributed by atoms with Crippen LogP contribution in [0.25, 0.3) is 0 Å². The molecule has 5 nitrogen and oxygen atoms in total. The maximum absolute atomic E-state index is 12.4. The largest absolute Gasteiger partial charge is 0.478 e. The predicted molar refractivity (Wildman–Crippen MR) is 78.5 cm³/mol. The monoisotopic (exact) mass is 291 g/mol. The number of carboxylic acids is 1. The van der Waals surface area contributed by atoms with Crippen LogP contribution in [0.4, 0.5) is 0 Å². The molecule has 0 radical (unpaired) electrons. The molecular weight excluding hydrogens is 270 g/mol. The average Bonchev–Trinajstić information content (AvgIpc) is 2.52. The first-order valence-corrected chi connectivity index (χ1v) is 7.32. The van der Waals surface area contributed by atoms with Gasteiger partial charge in [0.2, 0.25) is 0 Å². The van der Waals surface area contributed by atoms with E-state index in [0.29, 0.717) is 31.2 Å². The number of nitrogens with zero attached hydrogens (tertiary/aromatic N) is 1. The number of amides is 1. The van der Waals surface area contributed by atoms with Gasteiger partial charge in [-0.3, -0.25) is 4.79 Å². The number of rotatable bonds is 5. The van der Waals surface area contributed by atoms with Gasteiger partial charge >= 0.3 is 5.97 Å². The Kier molecular flexibility index (Phi) is 5.33. The molecule has 1 aromatic carbocycles. The number of ether oxygens (including phenoxy) is 1. The quantitative estimate of drug-likeness (QED) is 0.903. The van der Waals surface area contributed by atoms with Gasteiger partial charge in [0.25, 0.3) is 5.91 Å². The topological polar surface area (TPSA) is 66.8 Å². The van der Waals surface area contributed by atoms with Gasteiger partial charge in [0.15, 0.2) is 0 Å². The number of carbonyl (C=O) groups is 2. The molecular formula is C16H21NO4. The highest BCUT2D eigenvalue weighted by Gasteiger charge is 2.24. The van der Waals surface area contributed by atoms with Crippen LogP contribution in [0.5, 0.6) is 0 Å². The zero-order chi connectivity index (χ0) is 15.2. The second-order valence-corrected chi connectivity index (χ2v) is 5.30. The molecule has 1 aromatic rings. The molecule has 1 amide bonds. The van der Waals surface area contributed by atoms with Gasteiger partial charge in [-0.25, -0.2) is 4.79 Å². The number of hydrogen-bond donors (Lipinski definition) is 1. The summed E-state index contributed by atoms with van der Waals surface area (Å²) in [6.07, 6.45) is 2.07. The summed E-state index contributed by atoms with van der Waals surface area (Å²) in [6.45, 7) is 4.82. The van der Waals surface area contributed by atoms with E-state index in [-0.39, 0.29) is 11.5 Å². The Balaban J connectivity index is 2.00. The van der Waals surface area contributed by atoms with E-state index in [1.165, 1.54) is 12.1 Å². The van der Waals surface area contributed by atoms with Gasteiger partial charge in [-0.05, 0) is 49.9 Å². The predicted octanol–water partition coefficient (Wildman–Crippen LogP) is 2.27. The van der Waals surface area contributed by atoms with Gasteiger partial charge < -0.3 is 14.7 Å². The van der Waals surface area contributed by atoms with E-state index in [4.69, 9.17) is 9.84 Å². The smallest absolute Gasteiger partial charge is 0.335 e. The van der Waals surface area contributed by atoms with Crippen molar-refractivity contribution in [3.8, 4) is 0 Å². The van der Waals surface area contributed by atoms with Crippen LogP contribution in [0.3, 0.4) is 0 Å². The van der Waals surface area contributed by atoms with Crippen LogP contribution in [-0.4, -0.2) is 48.2 Å². The fourth-order valence-corrected chi connectivity index (χ4v) is 2.61. The highest BCUT2D eigenvalue weighted by atomic mass is 16.5. The summed E-state index contributed by atoms with van der Waals surface area (Å²) in [5.74, 6) is -0.627. The lowest BCUT2D eigenvalue weighted by molar-refractivity contribution is 0.0500. The number of carbonyl (C=O) groups excluding carboxylic acids is 1. The number of carboxylic acid groups (broad SMARTS) is 1. The summed E-state index contributed by atoms with van der Waals surface area (Å²) in [4.78, 5) is 25.1. The molecule has 1 heterocycles. The van der Waals surface area contributed by atoms with Crippen molar-refractivity contribution < 1.29 is 19.4 Å². The third-order valence-electron chi connectivity index (χ3n) is 3.74. The third kappa shape index (κ3) is 4.04. The molecule has 0 unspecified atom stereocenters. The van der Waals surface area contributed by atoms with Gasteiger partial charge in [0, 0.05) is 25.3 Å². The van der Waals surface area contributed by atoms with Crippen molar-refractivity contribution in [3.63, 3.8) is 0 Å². The molecule has 0 aliphatic carbocycles. The molecule has 1 N–H and O–H groups in total. The molecule has 1 aliphatic rings. The van der Waals surface area contributed by atoms with Crippen LogP contribution >= 0.6 is 0 Å². The SMILES string of the molecule is CCOC[C@H]1CCCN(C(=O)c2ccc(C(=O)O)cc2)C1. The summed E-state index contributed by atoms with van der Waals surface area (Å²) in [5.41, 5.74) is 0.733. The van der Waals surface area contributed by atoms with E-state index in [0.717, 1.165) is 19.4 Å². The zero-order valence-electron chi connectivity index (χ0n) is 12.2. The lowest BCUT2D eigenvalue weighted by Crippen LogP contribution is -2.41.